The molecule has 1 atom stereocenters. The summed E-state index contributed by atoms with van der Waals surface area (Å²) in [7, 11) is 0. The Morgan fingerprint density at radius 1 is 1.24 bits per heavy atom. The zero-order chi connectivity index (χ0) is 12.7. The van der Waals surface area contributed by atoms with E-state index in [9.17, 15) is 0 Å². The highest BCUT2D eigenvalue weighted by Crippen LogP contribution is 2.36. The molecule has 0 aliphatic heterocycles. The summed E-state index contributed by atoms with van der Waals surface area (Å²) < 4.78 is 1.22. The predicted molar refractivity (Wildman–Crippen MR) is 83.3 cm³/mol. The van der Waals surface area contributed by atoms with Crippen molar-refractivity contribution in [2.24, 2.45) is 0 Å². The third-order valence-electron chi connectivity index (χ3n) is 3.00. The number of unbranched alkanes of at least 4 members (excludes halogenated alkanes) is 5. The lowest BCUT2D eigenvalue weighted by atomic mass is 10.1. The van der Waals surface area contributed by atoms with Crippen molar-refractivity contribution in [2.45, 2.75) is 64.2 Å². The minimum Gasteiger partial charge on any atom is -0.131 e. The average molecular weight is 338 g/mol. The zero-order valence-corrected chi connectivity index (χ0v) is 13.9. The maximum absolute atomic E-state index is 6.42. The summed E-state index contributed by atoms with van der Waals surface area (Å²) in [5.74, 6) is 0. The first kappa shape index (κ1) is 15.5. The molecule has 0 saturated heterocycles. The van der Waals surface area contributed by atoms with Crippen LogP contribution in [0.5, 0.6) is 0 Å². The van der Waals surface area contributed by atoms with Crippen LogP contribution >= 0.6 is 38.9 Å². The Morgan fingerprint density at radius 3 is 2.47 bits per heavy atom. The Balaban J connectivity index is 2.19. The molecule has 0 aliphatic rings. The number of hydrogen-bond donors (Lipinski definition) is 0. The molecular formula is C14H22BrClS. The first-order valence-electron chi connectivity index (χ1n) is 6.55. The molecule has 17 heavy (non-hydrogen) atoms. The second-order valence-corrected chi connectivity index (χ2v) is 7.56. The van der Waals surface area contributed by atoms with E-state index in [4.69, 9.17) is 11.6 Å². The fourth-order valence-corrected chi connectivity index (χ4v) is 3.82. The second kappa shape index (κ2) is 8.55. The van der Waals surface area contributed by atoms with Crippen LogP contribution in [0.25, 0.3) is 0 Å². The number of rotatable bonds is 8. The summed E-state index contributed by atoms with van der Waals surface area (Å²) in [6, 6.07) is 2.21. The Kier molecular flexibility index (Phi) is 7.81. The van der Waals surface area contributed by atoms with Gasteiger partial charge < -0.3 is 0 Å². The van der Waals surface area contributed by atoms with E-state index in [1.165, 1.54) is 52.8 Å². The van der Waals surface area contributed by atoms with E-state index in [1.54, 1.807) is 11.3 Å². The Labute approximate surface area is 123 Å². The molecule has 0 aliphatic carbocycles. The fourth-order valence-electron chi connectivity index (χ4n) is 1.88. The van der Waals surface area contributed by atoms with Gasteiger partial charge in [-0.2, -0.15) is 0 Å². The molecule has 1 aromatic rings. The first-order valence-corrected chi connectivity index (χ1v) is 8.59. The van der Waals surface area contributed by atoms with Gasteiger partial charge in [0.15, 0.2) is 0 Å². The lowest BCUT2D eigenvalue weighted by Gasteiger charge is -2.06. The molecule has 0 bridgehead atoms. The van der Waals surface area contributed by atoms with Crippen LogP contribution in [0.15, 0.2) is 9.85 Å². The summed E-state index contributed by atoms with van der Waals surface area (Å²) >= 11 is 11.8. The summed E-state index contributed by atoms with van der Waals surface area (Å²) in [5, 5.41) is 0.205. The molecule has 0 nitrogen and oxygen atoms in total. The average Bonchev–Trinajstić information content (AvgIpc) is 2.64. The van der Waals surface area contributed by atoms with Gasteiger partial charge in [0.1, 0.15) is 0 Å². The van der Waals surface area contributed by atoms with Crippen LogP contribution in [0.4, 0.5) is 0 Å². The van der Waals surface area contributed by atoms with Gasteiger partial charge in [-0.1, -0.05) is 45.4 Å². The van der Waals surface area contributed by atoms with E-state index in [2.05, 4.69) is 35.8 Å². The number of aryl methyl sites for hydroxylation is 1. The summed E-state index contributed by atoms with van der Waals surface area (Å²) in [6.45, 7) is 4.38. The molecule has 0 spiro atoms. The number of thiophene rings is 1. The van der Waals surface area contributed by atoms with Crippen molar-refractivity contribution in [3.63, 3.8) is 0 Å². The van der Waals surface area contributed by atoms with Gasteiger partial charge in [-0.3, -0.25) is 0 Å². The monoisotopic (exact) mass is 336 g/mol. The van der Waals surface area contributed by atoms with Crippen molar-refractivity contribution >= 4 is 38.9 Å². The van der Waals surface area contributed by atoms with Gasteiger partial charge in [0.05, 0.1) is 9.16 Å². The van der Waals surface area contributed by atoms with Crippen molar-refractivity contribution in [3.8, 4) is 0 Å². The van der Waals surface area contributed by atoms with Crippen LogP contribution in [-0.4, -0.2) is 0 Å². The van der Waals surface area contributed by atoms with E-state index >= 15 is 0 Å². The molecule has 0 aromatic carbocycles. The lowest BCUT2D eigenvalue weighted by molar-refractivity contribution is 0.586. The summed E-state index contributed by atoms with van der Waals surface area (Å²) in [4.78, 5) is 1.31. The molecule has 1 aromatic heterocycles. The lowest BCUT2D eigenvalue weighted by Crippen LogP contribution is -1.87. The highest BCUT2D eigenvalue weighted by atomic mass is 79.9. The van der Waals surface area contributed by atoms with Crippen LogP contribution in [0, 0.1) is 6.92 Å². The molecule has 0 saturated carbocycles. The van der Waals surface area contributed by atoms with Gasteiger partial charge >= 0.3 is 0 Å². The second-order valence-electron chi connectivity index (χ2n) is 4.63. The van der Waals surface area contributed by atoms with Gasteiger partial charge in [-0.05, 0) is 40.9 Å². The summed E-state index contributed by atoms with van der Waals surface area (Å²) in [6.07, 6.45) is 9.14. The minimum atomic E-state index is 0.205. The molecule has 3 heteroatoms. The zero-order valence-electron chi connectivity index (χ0n) is 10.8. The van der Waals surface area contributed by atoms with Crippen LogP contribution in [0.2, 0.25) is 0 Å². The molecule has 0 fully saturated rings. The molecule has 0 amide bonds. The van der Waals surface area contributed by atoms with E-state index < -0.39 is 0 Å². The number of hydrogen-bond acceptors (Lipinski definition) is 1. The van der Waals surface area contributed by atoms with Gasteiger partial charge in [0, 0.05) is 4.88 Å². The van der Waals surface area contributed by atoms with E-state index in [-0.39, 0.29) is 5.38 Å². The SMILES string of the molecule is CCCCCCCCC(Cl)c1cc(C)c(Br)s1. The number of halogens is 2. The van der Waals surface area contributed by atoms with Crippen LogP contribution in [0.3, 0.4) is 0 Å². The molecule has 1 unspecified atom stereocenters. The van der Waals surface area contributed by atoms with E-state index in [0.29, 0.717) is 0 Å². The Bertz CT molecular complexity index is 303. The van der Waals surface area contributed by atoms with Crippen LogP contribution in [-0.2, 0) is 0 Å². The van der Waals surface area contributed by atoms with Gasteiger partial charge in [0.2, 0.25) is 0 Å². The van der Waals surface area contributed by atoms with Crippen LogP contribution < -0.4 is 0 Å². The highest BCUT2D eigenvalue weighted by molar-refractivity contribution is 9.11. The molecular weight excluding hydrogens is 316 g/mol. The largest absolute Gasteiger partial charge is 0.131 e. The van der Waals surface area contributed by atoms with Crippen molar-refractivity contribution in [3.05, 3.63) is 20.3 Å². The quantitative estimate of drug-likeness (QED) is 0.359. The normalized spacial score (nSPS) is 12.9. The number of alkyl halides is 1. The minimum absolute atomic E-state index is 0.205. The molecule has 0 radical (unpaired) electrons. The van der Waals surface area contributed by atoms with Crippen LogP contribution in [0.1, 0.15) is 67.7 Å². The summed E-state index contributed by atoms with van der Waals surface area (Å²) in [5.41, 5.74) is 1.30. The molecule has 98 valence electrons. The molecule has 1 heterocycles. The van der Waals surface area contributed by atoms with E-state index in [1.807, 2.05) is 0 Å². The van der Waals surface area contributed by atoms with Gasteiger partial charge in [-0.15, -0.1) is 22.9 Å². The van der Waals surface area contributed by atoms with Crippen molar-refractivity contribution in [2.75, 3.05) is 0 Å². The first-order chi connectivity index (χ1) is 8.15. The fraction of sp³-hybridized carbons (Fsp3) is 0.714. The molecule has 1 rings (SSSR count). The third kappa shape index (κ3) is 5.76. The maximum Gasteiger partial charge on any atom is 0.0731 e. The maximum atomic E-state index is 6.42. The smallest absolute Gasteiger partial charge is 0.0731 e. The van der Waals surface area contributed by atoms with Crippen molar-refractivity contribution in [1.29, 1.82) is 0 Å². The van der Waals surface area contributed by atoms with Gasteiger partial charge in [-0.25, -0.2) is 0 Å². The predicted octanol–water partition coefficient (Wildman–Crippen LogP) is 6.85. The van der Waals surface area contributed by atoms with E-state index in [0.717, 1.165) is 6.42 Å². The Hall–Kier alpha value is 0.470. The van der Waals surface area contributed by atoms with Gasteiger partial charge in [0.25, 0.3) is 0 Å². The van der Waals surface area contributed by atoms with Crippen molar-refractivity contribution < 1.29 is 0 Å². The highest BCUT2D eigenvalue weighted by Gasteiger charge is 2.12. The Morgan fingerprint density at radius 2 is 1.88 bits per heavy atom. The standard InChI is InChI=1S/C14H22BrClS/c1-3-4-5-6-7-8-9-12(16)13-10-11(2)14(15)17-13/h10,12H,3-9H2,1-2H3. The van der Waals surface area contributed by atoms with Crippen molar-refractivity contribution in [1.82, 2.24) is 0 Å². The molecule has 0 N–H and O–H groups in total. The third-order valence-corrected chi connectivity index (χ3v) is 5.83. The topological polar surface area (TPSA) is 0 Å².